The lowest BCUT2D eigenvalue weighted by molar-refractivity contribution is -0.172. The van der Waals surface area contributed by atoms with Gasteiger partial charge in [-0.15, -0.1) is 5.06 Å². The molecule has 1 saturated heterocycles. The second kappa shape index (κ2) is 5.18. The Labute approximate surface area is 108 Å². The molecule has 1 aliphatic heterocycles. The number of hydrogen-bond acceptors (Lipinski definition) is 6. The Kier molecular flexibility index (Phi) is 3.43. The molecule has 0 aromatic heterocycles. The summed E-state index contributed by atoms with van der Waals surface area (Å²) in [6.07, 6.45) is 1.84. The third-order valence-corrected chi connectivity index (χ3v) is 2.50. The zero-order valence-corrected chi connectivity index (χ0v) is 9.75. The summed E-state index contributed by atoms with van der Waals surface area (Å²) in [4.78, 5) is 39.0. The minimum atomic E-state index is -0.799. The van der Waals surface area contributed by atoms with E-state index in [9.17, 15) is 14.4 Å². The van der Waals surface area contributed by atoms with Crippen LogP contribution in [-0.4, -0.2) is 22.8 Å². The van der Waals surface area contributed by atoms with Crippen molar-refractivity contribution in [3.8, 4) is 6.19 Å². The normalized spacial score (nSPS) is 14.2. The van der Waals surface area contributed by atoms with Crippen molar-refractivity contribution >= 4 is 23.5 Å². The molecule has 7 heteroatoms. The smallest absolute Gasteiger partial charge is 0.325 e. The highest BCUT2D eigenvalue weighted by molar-refractivity contribution is 6.02. The minimum absolute atomic E-state index is 0.0527. The molecule has 19 heavy (non-hydrogen) atoms. The van der Waals surface area contributed by atoms with E-state index in [1.165, 1.54) is 24.3 Å². The number of imide groups is 1. The van der Waals surface area contributed by atoms with Gasteiger partial charge in [0.25, 0.3) is 11.8 Å². The molecule has 0 radical (unpaired) electrons. The van der Waals surface area contributed by atoms with Gasteiger partial charge in [-0.25, -0.2) is 4.79 Å². The van der Waals surface area contributed by atoms with E-state index in [1.54, 1.807) is 6.19 Å². The van der Waals surface area contributed by atoms with Crippen LogP contribution in [0.4, 0.5) is 5.69 Å². The van der Waals surface area contributed by atoms with Crippen molar-refractivity contribution in [2.45, 2.75) is 12.8 Å². The lowest BCUT2D eigenvalue weighted by Gasteiger charge is -2.12. The first-order valence-corrected chi connectivity index (χ1v) is 5.45. The largest absolute Gasteiger partial charge is 0.363 e. The van der Waals surface area contributed by atoms with E-state index in [2.05, 4.69) is 5.32 Å². The summed E-state index contributed by atoms with van der Waals surface area (Å²) in [6, 6.07) is 5.86. The molecule has 0 aliphatic carbocycles. The highest BCUT2D eigenvalue weighted by Gasteiger charge is 2.33. The molecule has 1 aromatic rings. The van der Waals surface area contributed by atoms with Crippen LogP contribution in [0.5, 0.6) is 0 Å². The number of carbonyl (C=O) groups is 3. The SMILES string of the molecule is N#CNc1ccc(C(=O)ON2C(=O)CCC2=O)cc1. The summed E-state index contributed by atoms with van der Waals surface area (Å²) in [6.45, 7) is 0. The predicted octanol–water partition coefficient (Wildman–Crippen LogP) is 0.800. The number of rotatable bonds is 3. The molecule has 1 aliphatic rings. The molecule has 1 heterocycles. The maximum Gasteiger partial charge on any atom is 0.363 e. The lowest BCUT2D eigenvalue weighted by Crippen LogP contribution is -2.32. The fourth-order valence-electron chi connectivity index (χ4n) is 1.55. The van der Waals surface area contributed by atoms with Crippen molar-refractivity contribution in [2.24, 2.45) is 0 Å². The Morgan fingerprint density at radius 3 is 2.32 bits per heavy atom. The van der Waals surface area contributed by atoms with Crippen molar-refractivity contribution in [3.05, 3.63) is 29.8 Å². The van der Waals surface area contributed by atoms with Crippen molar-refractivity contribution in [3.63, 3.8) is 0 Å². The van der Waals surface area contributed by atoms with Crippen LogP contribution in [0.25, 0.3) is 0 Å². The molecule has 96 valence electrons. The van der Waals surface area contributed by atoms with Crippen LogP contribution in [0.3, 0.4) is 0 Å². The summed E-state index contributed by atoms with van der Waals surface area (Å²) in [5.74, 6) is -1.85. The second-order valence-electron chi connectivity index (χ2n) is 3.77. The highest BCUT2D eigenvalue weighted by Crippen LogP contribution is 2.15. The van der Waals surface area contributed by atoms with Gasteiger partial charge in [0.05, 0.1) is 5.56 Å². The van der Waals surface area contributed by atoms with E-state index >= 15 is 0 Å². The Morgan fingerprint density at radius 1 is 1.21 bits per heavy atom. The fourth-order valence-corrected chi connectivity index (χ4v) is 1.55. The van der Waals surface area contributed by atoms with E-state index in [0.29, 0.717) is 10.8 Å². The first-order chi connectivity index (χ1) is 9.11. The highest BCUT2D eigenvalue weighted by atomic mass is 16.7. The molecular weight excluding hydrogens is 250 g/mol. The van der Waals surface area contributed by atoms with E-state index in [-0.39, 0.29) is 18.4 Å². The minimum Gasteiger partial charge on any atom is -0.325 e. The maximum atomic E-state index is 11.7. The monoisotopic (exact) mass is 259 g/mol. The Balaban J connectivity index is 2.06. The molecule has 7 nitrogen and oxygen atoms in total. The summed E-state index contributed by atoms with van der Waals surface area (Å²) in [7, 11) is 0. The van der Waals surface area contributed by atoms with E-state index in [0.717, 1.165) is 0 Å². The molecule has 0 atom stereocenters. The number of nitrogens with one attached hydrogen (secondary N) is 1. The third-order valence-electron chi connectivity index (χ3n) is 2.50. The van der Waals surface area contributed by atoms with Gasteiger partial charge in [0.15, 0.2) is 6.19 Å². The molecule has 1 fully saturated rings. The second-order valence-corrected chi connectivity index (χ2v) is 3.77. The molecule has 1 N–H and O–H groups in total. The van der Waals surface area contributed by atoms with Gasteiger partial charge in [-0.2, -0.15) is 5.26 Å². The molecule has 2 amide bonds. The third kappa shape index (κ3) is 2.69. The van der Waals surface area contributed by atoms with Crippen LogP contribution < -0.4 is 5.32 Å². The molecule has 1 aromatic carbocycles. The quantitative estimate of drug-likeness (QED) is 0.489. The Bertz CT molecular complexity index is 558. The molecule has 0 unspecified atom stereocenters. The molecule has 0 spiro atoms. The zero-order valence-electron chi connectivity index (χ0n) is 9.75. The van der Waals surface area contributed by atoms with E-state index in [4.69, 9.17) is 10.1 Å². The van der Waals surface area contributed by atoms with Gasteiger partial charge in [0.1, 0.15) is 0 Å². The molecule has 2 rings (SSSR count). The van der Waals surface area contributed by atoms with Crippen molar-refractivity contribution in [1.82, 2.24) is 5.06 Å². The van der Waals surface area contributed by atoms with Crippen LogP contribution >= 0.6 is 0 Å². The first-order valence-electron chi connectivity index (χ1n) is 5.45. The van der Waals surface area contributed by atoms with Gasteiger partial charge in [-0.05, 0) is 24.3 Å². The van der Waals surface area contributed by atoms with Crippen molar-refractivity contribution in [2.75, 3.05) is 5.32 Å². The summed E-state index contributed by atoms with van der Waals surface area (Å²) in [5.41, 5.74) is 0.698. The summed E-state index contributed by atoms with van der Waals surface area (Å²) >= 11 is 0. The number of anilines is 1. The van der Waals surface area contributed by atoms with E-state index in [1.807, 2.05) is 0 Å². The molecule has 0 saturated carbocycles. The number of benzene rings is 1. The number of hydrogen-bond donors (Lipinski definition) is 1. The number of nitrogens with zero attached hydrogens (tertiary/aromatic N) is 2. The summed E-state index contributed by atoms with van der Waals surface area (Å²) < 4.78 is 0. The zero-order chi connectivity index (χ0) is 13.8. The van der Waals surface area contributed by atoms with Crippen molar-refractivity contribution in [1.29, 1.82) is 5.26 Å². The van der Waals surface area contributed by atoms with E-state index < -0.39 is 17.8 Å². The van der Waals surface area contributed by atoms with Gasteiger partial charge in [-0.3, -0.25) is 14.9 Å². The Hall–Kier alpha value is -2.88. The fraction of sp³-hybridized carbons (Fsp3) is 0.167. The van der Waals surface area contributed by atoms with Gasteiger partial charge in [0, 0.05) is 18.5 Å². The molecular formula is C12H9N3O4. The predicted molar refractivity (Wildman–Crippen MR) is 62.2 cm³/mol. The van der Waals surface area contributed by atoms with Crippen LogP contribution in [0, 0.1) is 11.5 Å². The average molecular weight is 259 g/mol. The lowest BCUT2D eigenvalue weighted by atomic mass is 10.2. The first kappa shape index (κ1) is 12.6. The van der Waals surface area contributed by atoms with Gasteiger partial charge < -0.3 is 4.84 Å². The number of carbonyl (C=O) groups excluding carboxylic acids is 3. The Morgan fingerprint density at radius 2 is 1.79 bits per heavy atom. The van der Waals surface area contributed by atoms with Crippen LogP contribution in [-0.2, 0) is 14.4 Å². The molecule has 0 bridgehead atoms. The number of nitriles is 1. The summed E-state index contributed by atoms with van der Waals surface area (Å²) in [5, 5.41) is 11.3. The van der Waals surface area contributed by atoms with Crippen LogP contribution in [0.2, 0.25) is 0 Å². The number of hydroxylamine groups is 2. The topological polar surface area (TPSA) is 99.5 Å². The van der Waals surface area contributed by atoms with Crippen LogP contribution in [0.1, 0.15) is 23.2 Å². The standard InChI is InChI=1S/C12H9N3O4/c13-7-14-9-3-1-8(2-4-9)12(18)19-15-10(16)5-6-11(15)17/h1-4,14H,5-6H2. The van der Waals surface area contributed by atoms with Crippen molar-refractivity contribution < 1.29 is 19.2 Å². The van der Waals surface area contributed by atoms with Crippen LogP contribution in [0.15, 0.2) is 24.3 Å². The maximum absolute atomic E-state index is 11.7. The van der Waals surface area contributed by atoms with Gasteiger partial charge >= 0.3 is 5.97 Å². The average Bonchev–Trinajstić information content (AvgIpc) is 2.72. The van der Waals surface area contributed by atoms with Gasteiger partial charge in [-0.1, -0.05) is 0 Å². The van der Waals surface area contributed by atoms with Gasteiger partial charge in [0.2, 0.25) is 0 Å². The number of amides is 2.